The molecule has 12 heavy (non-hydrogen) atoms. The predicted molar refractivity (Wildman–Crippen MR) is 45.7 cm³/mol. The van der Waals surface area contributed by atoms with E-state index in [0.29, 0.717) is 6.42 Å². The van der Waals surface area contributed by atoms with Gasteiger partial charge in [-0.1, -0.05) is 0 Å². The molecule has 1 aromatic heterocycles. The Hall–Kier alpha value is -1.25. The summed E-state index contributed by atoms with van der Waals surface area (Å²) in [4.78, 5) is 13.7. The van der Waals surface area contributed by atoms with Gasteiger partial charge in [-0.2, -0.15) is 0 Å². The highest BCUT2D eigenvalue weighted by Gasteiger charge is 1.99. The maximum Gasteiger partial charge on any atom is 0.305 e. The lowest BCUT2D eigenvalue weighted by molar-refractivity contribution is -0.140. The van der Waals surface area contributed by atoms with E-state index < -0.39 is 0 Å². The summed E-state index contributed by atoms with van der Waals surface area (Å²) in [6.45, 7) is 0. The van der Waals surface area contributed by atoms with E-state index in [1.54, 1.807) is 0 Å². The molecule has 0 saturated carbocycles. The zero-order chi connectivity index (χ0) is 8.81. The Morgan fingerprint density at radius 2 is 2.50 bits per heavy atom. The van der Waals surface area contributed by atoms with Crippen LogP contribution in [0.2, 0.25) is 0 Å². The summed E-state index contributed by atoms with van der Waals surface area (Å²) in [7, 11) is 1.42. The Kier molecular flexibility index (Phi) is 3.38. The van der Waals surface area contributed by atoms with Crippen LogP contribution >= 0.6 is 0 Å². The summed E-state index contributed by atoms with van der Waals surface area (Å²) in [6.07, 6.45) is 6.11. The van der Waals surface area contributed by atoms with Gasteiger partial charge in [0.15, 0.2) is 0 Å². The fourth-order valence-corrected chi connectivity index (χ4v) is 1.05. The first-order chi connectivity index (χ1) is 5.83. The molecule has 3 nitrogen and oxygen atoms in total. The average molecular weight is 167 g/mol. The predicted octanol–water partition coefficient (Wildman–Crippen LogP) is 1.51. The molecule has 0 saturated heterocycles. The van der Waals surface area contributed by atoms with Crippen molar-refractivity contribution in [3.8, 4) is 0 Å². The Morgan fingerprint density at radius 3 is 3.08 bits per heavy atom. The monoisotopic (exact) mass is 167 g/mol. The first kappa shape index (κ1) is 8.84. The van der Waals surface area contributed by atoms with Crippen LogP contribution in [0, 0.1) is 0 Å². The highest BCUT2D eigenvalue weighted by atomic mass is 16.5. The molecule has 0 atom stereocenters. The molecule has 1 N–H and O–H groups in total. The van der Waals surface area contributed by atoms with Crippen LogP contribution < -0.4 is 0 Å². The molecule has 0 radical (unpaired) electrons. The highest BCUT2D eigenvalue weighted by Crippen LogP contribution is 2.03. The second kappa shape index (κ2) is 4.59. The molecule has 0 spiro atoms. The smallest absolute Gasteiger partial charge is 0.305 e. The number of methoxy groups -OCH3 is 1. The Morgan fingerprint density at radius 1 is 1.67 bits per heavy atom. The van der Waals surface area contributed by atoms with Crippen molar-refractivity contribution < 1.29 is 9.53 Å². The molecule has 1 heterocycles. The minimum Gasteiger partial charge on any atom is -0.469 e. The summed E-state index contributed by atoms with van der Waals surface area (Å²) in [6, 6.07) is 2.01. The number of aromatic nitrogens is 1. The number of nitrogens with one attached hydrogen (secondary N) is 1. The van der Waals surface area contributed by atoms with Gasteiger partial charge in [0.2, 0.25) is 0 Å². The van der Waals surface area contributed by atoms with E-state index in [4.69, 9.17) is 0 Å². The molecule has 0 aliphatic rings. The quantitative estimate of drug-likeness (QED) is 0.690. The van der Waals surface area contributed by atoms with Crippen molar-refractivity contribution in [3.05, 3.63) is 24.0 Å². The third kappa shape index (κ3) is 2.78. The summed E-state index contributed by atoms with van der Waals surface area (Å²) in [5.74, 6) is -0.134. The molecule has 0 aliphatic carbocycles. The molecule has 66 valence electrons. The number of esters is 1. The molecule has 0 aromatic carbocycles. The summed E-state index contributed by atoms with van der Waals surface area (Å²) >= 11 is 0. The van der Waals surface area contributed by atoms with Gasteiger partial charge < -0.3 is 9.72 Å². The van der Waals surface area contributed by atoms with E-state index >= 15 is 0 Å². The number of H-pyrrole nitrogens is 1. The lowest BCUT2D eigenvalue weighted by Gasteiger charge is -1.97. The molecule has 0 fully saturated rings. The van der Waals surface area contributed by atoms with E-state index in [0.717, 1.165) is 12.8 Å². The molecule has 1 aromatic rings. The first-order valence-corrected chi connectivity index (χ1v) is 4.01. The van der Waals surface area contributed by atoms with Gasteiger partial charge in [0.1, 0.15) is 0 Å². The number of hydrogen-bond donors (Lipinski definition) is 1. The normalized spacial score (nSPS) is 9.75. The van der Waals surface area contributed by atoms with Crippen molar-refractivity contribution in [2.24, 2.45) is 0 Å². The van der Waals surface area contributed by atoms with Gasteiger partial charge >= 0.3 is 5.97 Å². The van der Waals surface area contributed by atoms with Crippen LogP contribution in [0.15, 0.2) is 18.5 Å². The van der Waals surface area contributed by atoms with E-state index in [2.05, 4.69) is 9.72 Å². The standard InChI is InChI=1S/C9H13NO2/c1-12-9(11)4-2-3-8-5-6-10-7-8/h5-7,10H,2-4H2,1H3. The van der Waals surface area contributed by atoms with Crippen molar-refractivity contribution in [2.45, 2.75) is 19.3 Å². The molecule has 0 unspecified atom stereocenters. The number of rotatable bonds is 4. The van der Waals surface area contributed by atoms with Crippen molar-refractivity contribution in [1.29, 1.82) is 0 Å². The van der Waals surface area contributed by atoms with Crippen LogP contribution in [0.3, 0.4) is 0 Å². The zero-order valence-corrected chi connectivity index (χ0v) is 7.17. The first-order valence-electron chi connectivity index (χ1n) is 4.01. The van der Waals surface area contributed by atoms with Gasteiger partial charge in [-0.15, -0.1) is 0 Å². The molecule has 0 bridgehead atoms. The van der Waals surface area contributed by atoms with E-state index in [9.17, 15) is 4.79 Å². The summed E-state index contributed by atoms with van der Waals surface area (Å²) in [5.41, 5.74) is 1.24. The van der Waals surface area contributed by atoms with Crippen molar-refractivity contribution in [3.63, 3.8) is 0 Å². The van der Waals surface area contributed by atoms with E-state index in [-0.39, 0.29) is 5.97 Å². The van der Waals surface area contributed by atoms with Crippen LogP contribution in [0.5, 0.6) is 0 Å². The SMILES string of the molecule is COC(=O)CCCc1cc[nH]c1. The summed E-state index contributed by atoms with van der Waals surface area (Å²) < 4.78 is 4.52. The molecule has 0 aliphatic heterocycles. The fraction of sp³-hybridized carbons (Fsp3) is 0.444. The minimum absolute atomic E-state index is 0.134. The Balaban J connectivity index is 2.15. The molecule has 3 heteroatoms. The number of ether oxygens (including phenoxy) is 1. The largest absolute Gasteiger partial charge is 0.469 e. The second-order valence-electron chi connectivity index (χ2n) is 2.65. The van der Waals surface area contributed by atoms with E-state index in [1.807, 2.05) is 18.5 Å². The molecular weight excluding hydrogens is 154 g/mol. The number of aryl methyl sites for hydroxylation is 1. The van der Waals surface area contributed by atoms with Gasteiger partial charge in [-0.05, 0) is 24.5 Å². The van der Waals surface area contributed by atoms with Gasteiger partial charge in [0, 0.05) is 18.8 Å². The van der Waals surface area contributed by atoms with E-state index in [1.165, 1.54) is 12.7 Å². The second-order valence-corrected chi connectivity index (χ2v) is 2.65. The number of carbonyl (C=O) groups excluding carboxylic acids is 1. The van der Waals surface area contributed by atoms with Crippen LogP contribution in [-0.2, 0) is 16.0 Å². The lowest BCUT2D eigenvalue weighted by atomic mass is 10.1. The van der Waals surface area contributed by atoms with Crippen LogP contribution in [0.25, 0.3) is 0 Å². The maximum absolute atomic E-state index is 10.7. The van der Waals surface area contributed by atoms with Crippen LogP contribution in [0.1, 0.15) is 18.4 Å². The van der Waals surface area contributed by atoms with Gasteiger partial charge in [0.05, 0.1) is 7.11 Å². The van der Waals surface area contributed by atoms with Crippen molar-refractivity contribution >= 4 is 5.97 Å². The zero-order valence-electron chi connectivity index (χ0n) is 7.17. The third-order valence-corrected chi connectivity index (χ3v) is 1.74. The number of hydrogen-bond acceptors (Lipinski definition) is 2. The average Bonchev–Trinajstić information content (AvgIpc) is 2.57. The van der Waals surface area contributed by atoms with Crippen molar-refractivity contribution in [1.82, 2.24) is 4.98 Å². The van der Waals surface area contributed by atoms with Crippen LogP contribution in [0.4, 0.5) is 0 Å². The maximum atomic E-state index is 10.7. The Labute approximate surface area is 71.7 Å². The highest BCUT2D eigenvalue weighted by molar-refractivity contribution is 5.69. The summed E-state index contributed by atoms with van der Waals surface area (Å²) in [5, 5.41) is 0. The number of carbonyl (C=O) groups is 1. The Bertz CT molecular complexity index is 229. The van der Waals surface area contributed by atoms with Gasteiger partial charge in [-0.25, -0.2) is 0 Å². The molecule has 0 amide bonds. The third-order valence-electron chi connectivity index (χ3n) is 1.74. The topological polar surface area (TPSA) is 42.1 Å². The fourth-order valence-electron chi connectivity index (χ4n) is 1.05. The molecular formula is C9H13NO2. The van der Waals surface area contributed by atoms with Crippen LogP contribution in [-0.4, -0.2) is 18.1 Å². The van der Waals surface area contributed by atoms with Gasteiger partial charge in [-0.3, -0.25) is 4.79 Å². The number of aromatic amines is 1. The van der Waals surface area contributed by atoms with Crippen molar-refractivity contribution in [2.75, 3.05) is 7.11 Å². The molecule has 1 rings (SSSR count). The lowest BCUT2D eigenvalue weighted by Crippen LogP contribution is -2.00. The minimum atomic E-state index is -0.134. The van der Waals surface area contributed by atoms with Gasteiger partial charge in [0.25, 0.3) is 0 Å².